The van der Waals surface area contributed by atoms with Gasteiger partial charge in [0.1, 0.15) is 4.32 Å². The van der Waals surface area contributed by atoms with Crippen LogP contribution in [0.5, 0.6) is 0 Å². The van der Waals surface area contributed by atoms with Crippen molar-refractivity contribution >= 4 is 63.2 Å². The van der Waals surface area contributed by atoms with Crippen LogP contribution in [0.1, 0.15) is 15.9 Å². The number of thiocarbonyl (C=S) groups is 1. The average Bonchev–Trinajstić information content (AvgIpc) is 3.18. The number of amides is 2. The van der Waals surface area contributed by atoms with E-state index in [1.807, 2.05) is 24.3 Å². The number of likely N-dealkylation sites (N-methyl/N-ethyl adjacent to an activating group) is 1. The van der Waals surface area contributed by atoms with Crippen LogP contribution in [-0.4, -0.2) is 38.1 Å². The van der Waals surface area contributed by atoms with Gasteiger partial charge in [0, 0.05) is 12.6 Å². The minimum Gasteiger partial charge on any atom is -0.324 e. The number of H-pyrrole nitrogens is 1. The fourth-order valence-electron chi connectivity index (χ4n) is 2.62. The molecule has 2 heterocycles. The second-order valence-corrected chi connectivity index (χ2v) is 7.60. The molecule has 0 saturated carbocycles. The first-order valence-corrected chi connectivity index (χ1v) is 9.31. The Labute approximate surface area is 164 Å². The molecule has 2 aromatic carbocycles. The Kier molecular flexibility index (Phi) is 4.51. The summed E-state index contributed by atoms with van der Waals surface area (Å²) in [7, 11) is 1.66. The number of nitrogens with zero attached hydrogens (tertiary/aromatic N) is 2. The molecule has 6 nitrogen and oxygen atoms in total. The highest BCUT2D eigenvalue weighted by molar-refractivity contribution is 8.26. The molecule has 0 radical (unpaired) electrons. The predicted octanol–water partition coefficient (Wildman–Crippen LogP) is 3.65. The van der Waals surface area contributed by atoms with Crippen molar-refractivity contribution in [3.8, 4) is 0 Å². The van der Waals surface area contributed by atoms with Crippen LogP contribution in [0, 0.1) is 0 Å². The molecule has 2 N–H and O–H groups in total. The number of hydrogen-bond acceptors (Lipinski definition) is 5. The van der Waals surface area contributed by atoms with Gasteiger partial charge in [-0.1, -0.05) is 48.2 Å². The Morgan fingerprint density at radius 1 is 1.22 bits per heavy atom. The molecule has 1 fully saturated rings. The van der Waals surface area contributed by atoms with E-state index in [4.69, 9.17) is 12.2 Å². The summed E-state index contributed by atoms with van der Waals surface area (Å²) in [5.74, 6) is 0.0223. The second kappa shape index (κ2) is 6.98. The van der Waals surface area contributed by atoms with Gasteiger partial charge in [-0.15, -0.1) is 0 Å². The fraction of sp³-hybridized carbons (Fsp3) is 0.0526. The van der Waals surface area contributed by atoms with Crippen LogP contribution in [-0.2, 0) is 4.79 Å². The first-order valence-electron chi connectivity index (χ1n) is 8.09. The fourth-order valence-corrected chi connectivity index (χ4v) is 3.80. The van der Waals surface area contributed by atoms with Crippen molar-refractivity contribution in [3.63, 3.8) is 0 Å². The number of hydrogen-bond donors (Lipinski definition) is 2. The Morgan fingerprint density at radius 2 is 1.96 bits per heavy atom. The van der Waals surface area contributed by atoms with E-state index in [2.05, 4.69) is 15.3 Å². The van der Waals surface area contributed by atoms with Crippen molar-refractivity contribution in [2.45, 2.75) is 0 Å². The summed E-state index contributed by atoms with van der Waals surface area (Å²) in [4.78, 5) is 33.9. The molecule has 1 aliphatic heterocycles. The minimum absolute atomic E-state index is 0.114. The zero-order valence-electron chi connectivity index (χ0n) is 14.2. The van der Waals surface area contributed by atoms with Crippen molar-refractivity contribution in [1.29, 1.82) is 0 Å². The van der Waals surface area contributed by atoms with Gasteiger partial charge >= 0.3 is 0 Å². The minimum atomic E-state index is -0.263. The van der Waals surface area contributed by atoms with Crippen molar-refractivity contribution in [2.24, 2.45) is 0 Å². The molecule has 0 spiro atoms. The van der Waals surface area contributed by atoms with Crippen LogP contribution in [0.3, 0.4) is 0 Å². The number of rotatable bonds is 3. The van der Waals surface area contributed by atoms with E-state index >= 15 is 0 Å². The predicted molar refractivity (Wildman–Crippen MR) is 111 cm³/mol. The molecule has 27 heavy (non-hydrogen) atoms. The highest BCUT2D eigenvalue weighted by Crippen LogP contribution is 2.31. The molecular weight excluding hydrogens is 380 g/mol. The SMILES string of the molecule is CN1C(=O)C(=Cc2ccc(C(=O)Nc3nc4ccccc4[nH]3)cc2)SC1=S. The molecule has 2 amide bonds. The van der Waals surface area contributed by atoms with E-state index in [1.54, 1.807) is 37.4 Å². The molecule has 0 bridgehead atoms. The zero-order chi connectivity index (χ0) is 19.0. The summed E-state index contributed by atoms with van der Waals surface area (Å²) in [6, 6.07) is 14.5. The van der Waals surface area contributed by atoms with Crippen molar-refractivity contribution in [3.05, 3.63) is 64.6 Å². The lowest BCUT2D eigenvalue weighted by molar-refractivity contribution is -0.121. The number of carbonyl (C=O) groups is 2. The molecule has 1 aliphatic rings. The first kappa shape index (κ1) is 17.4. The quantitative estimate of drug-likeness (QED) is 0.524. The second-order valence-electron chi connectivity index (χ2n) is 5.92. The Morgan fingerprint density at radius 3 is 2.63 bits per heavy atom. The van der Waals surface area contributed by atoms with Crippen molar-refractivity contribution in [1.82, 2.24) is 14.9 Å². The van der Waals surface area contributed by atoms with Gasteiger partial charge in [-0.2, -0.15) is 0 Å². The van der Waals surface area contributed by atoms with Crippen LogP contribution >= 0.6 is 24.0 Å². The van der Waals surface area contributed by atoms with E-state index in [-0.39, 0.29) is 11.8 Å². The molecule has 4 rings (SSSR count). The lowest BCUT2D eigenvalue weighted by Crippen LogP contribution is -2.22. The molecule has 1 aromatic heterocycles. The molecule has 8 heteroatoms. The molecular formula is C19H14N4O2S2. The number of carbonyl (C=O) groups excluding carboxylic acids is 2. The number of nitrogens with one attached hydrogen (secondary N) is 2. The van der Waals surface area contributed by atoms with Crippen molar-refractivity contribution < 1.29 is 9.59 Å². The normalized spacial score (nSPS) is 15.7. The molecule has 134 valence electrons. The van der Waals surface area contributed by atoms with E-state index in [9.17, 15) is 9.59 Å². The average molecular weight is 394 g/mol. The third kappa shape index (κ3) is 3.49. The summed E-state index contributed by atoms with van der Waals surface area (Å²) in [6.07, 6.45) is 1.77. The molecule has 0 unspecified atom stereocenters. The molecule has 0 aliphatic carbocycles. The molecule has 0 atom stereocenters. The van der Waals surface area contributed by atoms with E-state index < -0.39 is 0 Å². The van der Waals surface area contributed by atoms with Gasteiger partial charge < -0.3 is 4.98 Å². The Bertz CT molecular complexity index is 1070. The van der Waals surface area contributed by atoms with Crippen LogP contribution in [0.25, 0.3) is 17.1 Å². The van der Waals surface area contributed by atoms with E-state index in [0.29, 0.717) is 20.7 Å². The topological polar surface area (TPSA) is 78.1 Å². The molecule has 3 aromatic rings. The third-order valence-corrected chi connectivity index (χ3v) is 5.56. The third-order valence-electron chi connectivity index (χ3n) is 4.08. The Balaban J connectivity index is 1.49. The van der Waals surface area contributed by atoms with Crippen molar-refractivity contribution in [2.75, 3.05) is 12.4 Å². The number of anilines is 1. The zero-order valence-corrected chi connectivity index (χ0v) is 15.9. The van der Waals surface area contributed by atoms with Gasteiger partial charge in [-0.25, -0.2) is 4.98 Å². The van der Waals surface area contributed by atoms with E-state index in [1.165, 1.54) is 16.7 Å². The smallest absolute Gasteiger partial charge is 0.265 e. The van der Waals surface area contributed by atoms with Gasteiger partial charge in [-0.05, 0) is 35.9 Å². The summed E-state index contributed by atoms with van der Waals surface area (Å²) in [5.41, 5.74) is 2.97. The van der Waals surface area contributed by atoms with Crippen LogP contribution < -0.4 is 5.32 Å². The van der Waals surface area contributed by atoms with E-state index in [0.717, 1.165) is 16.6 Å². The maximum Gasteiger partial charge on any atom is 0.265 e. The number of imidazole rings is 1. The lowest BCUT2D eigenvalue weighted by atomic mass is 10.1. The van der Waals surface area contributed by atoms with Gasteiger partial charge in [-0.3, -0.25) is 19.8 Å². The van der Waals surface area contributed by atoms with Gasteiger partial charge in [0.2, 0.25) is 5.95 Å². The van der Waals surface area contributed by atoms with Gasteiger partial charge in [0.25, 0.3) is 11.8 Å². The number of fused-ring (bicyclic) bond motifs is 1. The molecule has 1 saturated heterocycles. The maximum absolute atomic E-state index is 12.4. The lowest BCUT2D eigenvalue weighted by Gasteiger charge is -2.04. The number of thioether (sulfide) groups is 1. The summed E-state index contributed by atoms with van der Waals surface area (Å²) in [5, 5.41) is 2.76. The van der Waals surface area contributed by atoms with Crippen LogP contribution in [0.2, 0.25) is 0 Å². The summed E-state index contributed by atoms with van der Waals surface area (Å²) < 4.78 is 0.535. The number of benzene rings is 2. The van der Waals surface area contributed by atoms with Crippen LogP contribution in [0.15, 0.2) is 53.4 Å². The van der Waals surface area contributed by atoms with Gasteiger partial charge in [0.05, 0.1) is 15.9 Å². The number of aromatic nitrogens is 2. The van der Waals surface area contributed by atoms with Crippen LogP contribution in [0.4, 0.5) is 5.95 Å². The largest absolute Gasteiger partial charge is 0.324 e. The summed E-state index contributed by atoms with van der Waals surface area (Å²) in [6.45, 7) is 0. The van der Waals surface area contributed by atoms with Gasteiger partial charge in [0.15, 0.2) is 0 Å². The Hall–Kier alpha value is -2.97. The standard InChI is InChI=1S/C19H14N4O2S2/c1-23-17(25)15(27-19(23)26)10-11-6-8-12(9-7-11)16(24)22-18-20-13-4-2-3-5-14(13)21-18/h2-10H,1H3,(H2,20,21,22,24). The highest BCUT2D eigenvalue weighted by atomic mass is 32.2. The highest BCUT2D eigenvalue weighted by Gasteiger charge is 2.28. The monoisotopic (exact) mass is 394 g/mol. The first-order chi connectivity index (χ1) is 13.0. The summed E-state index contributed by atoms with van der Waals surface area (Å²) >= 11 is 6.39. The number of aromatic amines is 1. The maximum atomic E-state index is 12.4. The number of para-hydroxylation sites is 2.